The molecule has 3 nitrogen and oxygen atoms in total. The van der Waals surface area contributed by atoms with Crippen LogP contribution >= 0.6 is 0 Å². The highest BCUT2D eigenvalue weighted by Gasteiger charge is 2.09. The van der Waals surface area contributed by atoms with Gasteiger partial charge in [-0.3, -0.25) is 0 Å². The molecule has 0 aromatic carbocycles. The normalized spacial score (nSPS) is 14.2. The summed E-state index contributed by atoms with van der Waals surface area (Å²) < 4.78 is 0. The molecule has 2 aromatic rings. The van der Waals surface area contributed by atoms with Gasteiger partial charge in [0.05, 0.1) is 5.52 Å². The van der Waals surface area contributed by atoms with Crippen molar-refractivity contribution in [1.29, 1.82) is 0 Å². The Kier molecular flexibility index (Phi) is 1.36. The number of hydrogen-bond donors (Lipinski definition) is 1. The Bertz CT molecular complexity index is 561. The van der Waals surface area contributed by atoms with Gasteiger partial charge >= 0.3 is 0 Å². The van der Waals surface area contributed by atoms with Crippen molar-refractivity contribution in [3.63, 3.8) is 0 Å². The maximum absolute atomic E-state index is 4.41. The molecule has 0 amide bonds. The van der Waals surface area contributed by atoms with Crippen LogP contribution in [0, 0.1) is 6.92 Å². The van der Waals surface area contributed by atoms with E-state index in [9.17, 15) is 0 Å². The second kappa shape index (κ2) is 2.54. The van der Waals surface area contributed by atoms with E-state index in [1.54, 1.807) is 6.20 Å². The number of nitrogens with one attached hydrogen (secondary N) is 1. The average molecular weight is 183 g/mol. The molecule has 68 valence electrons. The van der Waals surface area contributed by atoms with Crippen LogP contribution in [0.25, 0.3) is 16.7 Å². The van der Waals surface area contributed by atoms with Gasteiger partial charge in [0.15, 0.2) is 5.65 Å². The van der Waals surface area contributed by atoms with Crippen LogP contribution < -0.4 is 0 Å². The van der Waals surface area contributed by atoms with Crippen LogP contribution in [0.4, 0.5) is 0 Å². The first-order valence-electron chi connectivity index (χ1n) is 4.55. The Balaban J connectivity index is 2.25. The SMILES string of the molecule is Cc1ccnc2nc(C3=CC=C3)[nH]c12. The standard InChI is InChI=1S/C11H9N3/c1-7-5-6-12-11-9(7)13-10(14-11)8-3-2-4-8/h2-6H,1H3,(H,12,13,14). The van der Waals surface area contributed by atoms with Gasteiger partial charge in [-0.1, -0.05) is 18.2 Å². The Morgan fingerprint density at radius 1 is 1.36 bits per heavy atom. The molecular formula is C11H9N3. The fraction of sp³-hybridized carbons (Fsp3) is 0.0909. The molecule has 0 saturated heterocycles. The molecule has 1 aliphatic carbocycles. The lowest BCUT2D eigenvalue weighted by molar-refractivity contribution is 1.24. The summed E-state index contributed by atoms with van der Waals surface area (Å²) in [6.45, 7) is 2.05. The molecule has 0 bridgehead atoms. The van der Waals surface area contributed by atoms with Crippen molar-refractivity contribution in [1.82, 2.24) is 15.0 Å². The minimum absolute atomic E-state index is 0.793. The van der Waals surface area contributed by atoms with Crippen LogP contribution in [0.1, 0.15) is 11.4 Å². The monoisotopic (exact) mass is 183 g/mol. The summed E-state index contributed by atoms with van der Waals surface area (Å²) in [6.07, 6.45) is 7.86. The van der Waals surface area contributed by atoms with Crippen molar-refractivity contribution in [2.75, 3.05) is 0 Å². The molecule has 0 aliphatic heterocycles. The summed E-state index contributed by atoms with van der Waals surface area (Å²) in [5.74, 6) is 0.907. The van der Waals surface area contributed by atoms with Crippen LogP contribution in [-0.4, -0.2) is 15.0 Å². The van der Waals surface area contributed by atoms with Gasteiger partial charge in [0, 0.05) is 11.8 Å². The highest BCUT2D eigenvalue weighted by atomic mass is 15.0. The van der Waals surface area contributed by atoms with E-state index in [0.717, 1.165) is 22.6 Å². The lowest BCUT2D eigenvalue weighted by Gasteiger charge is -2.01. The number of rotatable bonds is 1. The molecule has 14 heavy (non-hydrogen) atoms. The fourth-order valence-electron chi connectivity index (χ4n) is 1.52. The predicted molar refractivity (Wildman–Crippen MR) is 55.7 cm³/mol. The zero-order valence-corrected chi connectivity index (χ0v) is 7.78. The van der Waals surface area contributed by atoms with Gasteiger partial charge in [-0.25, -0.2) is 9.97 Å². The van der Waals surface area contributed by atoms with Gasteiger partial charge in [-0.15, -0.1) is 0 Å². The van der Waals surface area contributed by atoms with Crippen molar-refractivity contribution < 1.29 is 0 Å². The number of imidazole rings is 1. The summed E-state index contributed by atoms with van der Waals surface area (Å²) >= 11 is 0. The molecule has 1 aliphatic rings. The van der Waals surface area contributed by atoms with Crippen LogP contribution in [0.3, 0.4) is 0 Å². The van der Waals surface area contributed by atoms with Gasteiger partial charge in [0.25, 0.3) is 0 Å². The number of aromatic amines is 1. The summed E-state index contributed by atoms with van der Waals surface area (Å²) in [5.41, 5.74) is 4.14. The summed E-state index contributed by atoms with van der Waals surface area (Å²) in [6, 6.07) is 1.98. The summed E-state index contributed by atoms with van der Waals surface area (Å²) in [4.78, 5) is 11.9. The molecule has 2 heterocycles. The maximum atomic E-state index is 4.41. The van der Waals surface area contributed by atoms with Crippen LogP contribution in [-0.2, 0) is 0 Å². The summed E-state index contributed by atoms with van der Waals surface area (Å²) in [5, 5.41) is 0. The average Bonchev–Trinajstić information content (AvgIpc) is 2.46. The predicted octanol–water partition coefficient (Wildman–Crippen LogP) is 2.22. The van der Waals surface area contributed by atoms with Crippen LogP contribution in [0.2, 0.25) is 0 Å². The third kappa shape index (κ3) is 0.923. The van der Waals surface area contributed by atoms with E-state index in [-0.39, 0.29) is 0 Å². The molecule has 2 aromatic heterocycles. The molecule has 0 radical (unpaired) electrons. The van der Waals surface area contributed by atoms with Crippen molar-refractivity contribution >= 4 is 16.7 Å². The topological polar surface area (TPSA) is 41.6 Å². The molecule has 1 N–H and O–H groups in total. The van der Waals surface area contributed by atoms with E-state index in [1.807, 2.05) is 24.3 Å². The fourth-order valence-corrected chi connectivity index (χ4v) is 1.52. The van der Waals surface area contributed by atoms with Crippen molar-refractivity contribution in [3.8, 4) is 0 Å². The van der Waals surface area contributed by atoms with Crippen molar-refractivity contribution in [3.05, 3.63) is 41.9 Å². The number of allylic oxidation sites excluding steroid dienone is 4. The first kappa shape index (κ1) is 7.50. The quantitative estimate of drug-likeness (QED) is 0.736. The molecule has 0 atom stereocenters. The zero-order chi connectivity index (χ0) is 9.54. The highest BCUT2D eigenvalue weighted by Crippen LogP contribution is 2.22. The van der Waals surface area contributed by atoms with E-state index in [4.69, 9.17) is 0 Å². The molecule has 3 heteroatoms. The zero-order valence-electron chi connectivity index (χ0n) is 7.78. The van der Waals surface area contributed by atoms with Gasteiger partial charge in [-0.05, 0) is 18.6 Å². The molecule has 0 spiro atoms. The second-order valence-corrected chi connectivity index (χ2v) is 3.39. The van der Waals surface area contributed by atoms with Crippen molar-refractivity contribution in [2.24, 2.45) is 0 Å². The number of aryl methyl sites for hydroxylation is 1. The van der Waals surface area contributed by atoms with Gasteiger partial charge in [0.2, 0.25) is 0 Å². The first-order chi connectivity index (χ1) is 6.84. The van der Waals surface area contributed by atoms with E-state index < -0.39 is 0 Å². The molecule has 0 saturated carbocycles. The Morgan fingerprint density at radius 2 is 2.21 bits per heavy atom. The largest absolute Gasteiger partial charge is 0.336 e. The Labute approximate surface area is 81.2 Å². The van der Waals surface area contributed by atoms with Gasteiger partial charge in [-0.2, -0.15) is 0 Å². The number of hydrogen-bond acceptors (Lipinski definition) is 2. The van der Waals surface area contributed by atoms with E-state index in [1.165, 1.54) is 5.56 Å². The van der Waals surface area contributed by atoms with Crippen molar-refractivity contribution in [2.45, 2.75) is 6.92 Å². The number of fused-ring (bicyclic) bond motifs is 1. The number of H-pyrrole nitrogens is 1. The lowest BCUT2D eigenvalue weighted by Crippen LogP contribution is -1.88. The summed E-state index contributed by atoms with van der Waals surface area (Å²) in [7, 11) is 0. The Morgan fingerprint density at radius 3 is 2.86 bits per heavy atom. The minimum atomic E-state index is 0.793. The first-order valence-corrected chi connectivity index (χ1v) is 4.55. The smallest absolute Gasteiger partial charge is 0.178 e. The molecular weight excluding hydrogens is 174 g/mol. The van der Waals surface area contributed by atoms with Crippen LogP contribution in [0.5, 0.6) is 0 Å². The Hall–Kier alpha value is -1.90. The third-order valence-corrected chi connectivity index (χ3v) is 2.43. The van der Waals surface area contributed by atoms with E-state index in [0.29, 0.717) is 0 Å². The third-order valence-electron chi connectivity index (χ3n) is 2.43. The lowest BCUT2D eigenvalue weighted by atomic mass is 10.1. The number of aromatic nitrogens is 3. The molecule has 0 unspecified atom stereocenters. The van der Waals surface area contributed by atoms with Gasteiger partial charge in [0.1, 0.15) is 5.82 Å². The van der Waals surface area contributed by atoms with E-state index >= 15 is 0 Å². The molecule has 3 rings (SSSR count). The minimum Gasteiger partial charge on any atom is -0.336 e. The number of nitrogens with zero attached hydrogens (tertiary/aromatic N) is 2. The van der Waals surface area contributed by atoms with Crippen LogP contribution in [0.15, 0.2) is 30.5 Å². The van der Waals surface area contributed by atoms with E-state index in [2.05, 4.69) is 21.9 Å². The van der Waals surface area contributed by atoms with Gasteiger partial charge < -0.3 is 4.98 Å². The maximum Gasteiger partial charge on any atom is 0.178 e. The number of pyridine rings is 1. The highest BCUT2D eigenvalue weighted by molar-refractivity contribution is 5.83. The second-order valence-electron chi connectivity index (χ2n) is 3.39. The molecule has 0 fully saturated rings.